The normalized spacial score (nSPS) is 16.2. The molecule has 1 aliphatic heterocycles. The molecule has 1 aromatic carbocycles. The first-order valence-electron chi connectivity index (χ1n) is 6.29. The van der Waals surface area contributed by atoms with E-state index in [0.29, 0.717) is 6.54 Å². The number of nitrogens with zero attached hydrogens (tertiary/aromatic N) is 2. The zero-order chi connectivity index (χ0) is 12.4. The lowest BCUT2D eigenvalue weighted by Crippen LogP contribution is -2.36. The summed E-state index contributed by atoms with van der Waals surface area (Å²) in [5.74, 6) is 1.05. The summed E-state index contributed by atoms with van der Waals surface area (Å²) in [6, 6.07) is 8.38. The fraction of sp³-hybridized carbons (Fsp3) is 0.357. The molecule has 0 saturated carbocycles. The lowest BCUT2D eigenvalue weighted by atomic mass is 10.1. The third-order valence-corrected chi connectivity index (χ3v) is 3.36. The van der Waals surface area contributed by atoms with Crippen molar-refractivity contribution < 1.29 is 4.74 Å². The number of fused-ring (bicyclic) bond motifs is 1. The summed E-state index contributed by atoms with van der Waals surface area (Å²) in [6.45, 7) is 3.91. The molecule has 2 heterocycles. The molecule has 0 aliphatic carbocycles. The Morgan fingerprint density at radius 3 is 2.83 bits per heavy atom. The van der Waals surface area contributed by atoms with E-state index < -0.39 is 0 Å². The number of aromatic nitrogens is 1. The van der Waals surface area contributed by atoms with E-state index in [4.69, 9.17) is 10.5 Å². The van der Waals surface area contributed by atoms with Gasteiger partial charge in [0, 0.05) is 31.2 Å². The second-order valence-electron chi connectivity index (χ2n) is 4.49. The average molecular weight is 243 g/mol. The van der Waals surface area contributed by atoms with E-state index in [0.717, 1.165) is 37.7 Å². The van der Waals surface area contributed by atoms with E-state index in [2.05, 4.69) is 28.1 Å². The van der Waals surface area contributed by atoms with Gasteiger partial charge in [0.05, 0.1) is 13.2 Å². The summed E-state index contributed by atoms with van der Waals surface area (Å²) in [6.07, 6.45) is 1.87. The summed E-state index contributed by atoms with van der Waals surface area (Å²) >= 11 is 0. The van der Waals surface area contributed by atoms with Gasteiger partial charge in [0.2, 0.25) is 0 Å². The summed E-state index contributed by atoms with van der Waals surface area (Å²) in [4.78, 5) is 6.82. The SMILES string of the molecule is NCc1ccc2ccnc(N3CCOCC3)c2c1. The fourth-order valence-electron chi connectivity index (χ4n) is 2.35. The minimum atomic E-state index is 0.563. The molecule has 0 atom stereocenters. The second kappa shape index (κ2) is 4.92. The first kappa shape index (κ1) is 11.4. The zero-order valence-corrected chi connectivity index (χ0v) is 10.3. The molecule has 1 fully saturated rings. The van der Waals surface area contributed by atoms with Crippen molar-refractivity contribution in [3.8, 4) is 0 Å². The van der Waals surface area contributed by atoms with Gasteiger partial charge in [-0.3, -0.25) is 0 Å². The molecule has 94 valence electrons. The second-order valence-corrected chi connectivity index (χ2v) is 4.49. The van der Waals surface area contributed by atoms with Crippen LogP contribution in [-0.4, -0.2) is 31.3 Å². The van der Waals surface area contributed by atoms with Crippen molar-refractivity contribution in [2.24, 2.45) is 5.73 Å². The van der Waals surface area contributed by atoms with Gasteiger partial charge in [-0.1, -0.05) is 12.1 Å². The van der Waals surface area contributed by atoms with Crippen LogP contribution in [-0.2, 0) is 11.3 Å². The number of rotatable bonds is 2. The highest BCUT2D eigenvalue weighted by Crippen LogP contribution is 2.26. The van der Waals surface area contributed by atoms with Crippen LogP contribution in [0.3, 0.4) is 0 Å². The molecular weight excluding hydrogens is 226 g/mol. The molecule has 2 N–H and O–H groups in total. The van der Waals surface area contributed by atoms with Crippen molar-refractivity contribution in [1.29, 1.82) is 0 Å². The molecule has 2 aromatic rings. The van der Waals surface area contributed by atoms with Gasteiger partial charge in [0.25, 0.3) is 0 Å². The molecule has 1 saturated heterocycles. The number of pyridine rings is 1. The Labute approximate surface area is 106 Å². The Bertz CT molecular complexity index is 550. The van der Waals surface area contributed by atoms with Gasteiger partial charge < -0.3 is 15.4 Å². The zero-order valence-electron chi connectivity index (χ0n) is 10.3. The number of ether oxygens (including phenoxy) is 1. The van der Waals surface area contributed by atoms with E-state index in [1.54, 1.807) is 0 Å². The van der Waals surface area contributed by atoms with E-state index in [9.17, 15) is 0 Å². The average Bonchev–Trinajstić information content (AvgIpc) is 2.47. The maximum absolute atomic E-state index is 5.72. The van der Waals surface area contributed by atoms with Crippen molar-refractivity contribution in [3.05, 3.63) is 36.0 Å². The van der Waals surface area contributed by atoms with Crippen LogP contribution in [0.5, 0.6) is 0 Å². The van der Waals surface area contributed by atoms with Gasteiger partial charge in [-0.05, 0) is 23.1 Å². The van der Waals surface area contributed by atoms with Crippen LogP contribution in [0.1, 0.15) is 5.56 Å². The van der Waals surface area contributed by atoms with Crippen molar-refractivity contribution in [3.63, 3.8) is 0 Å². The molecule has 1 aliphatic rings. The van der Waals surface area contributed by atoms with E-state index in [1.165, 1.54) is 10.8 Å². The monoisotopic (exact) mass is 243 g/mol. The van der Waals surface area contributed by atoms with Crippen LogP contribution in [0.15, 0.2) is 30.5 Å². The number of hydrogen-bond donors (Lipinski definition) is 1. The Kier molecular flexibility index (Phi) is 3.13. The number of hydrogen-bond acceptors (Lipinski definition) is 4. The number of morpholine rings is 1. The van der Waals surface area contributed by atoms with Crippen LogP contribution in [0.2, 0.25) is 0 Å². The van der Waals surface area contributed by atoms with Gasteiger partial charge >= 0.3 is 0 Å². The fourth-order valence-corrected chi connectivity index (χ4v) is 2.35. The molecular formula is C14H17N3O. The number of nitrogens with two attached hydrogens (primary N) is 1. The maximum atomic E-state index is 5.72. The van der Waals surface area contributed by atoms with Crippen LogP contribution in [0.4, 0.5) is 5.82 Å². The summed E-state index contributed by atoms with van der Waals surface area (Å²) in [5, 5.41) is 2.39. The minimum Gasteiger partial charge on any atom is -0.378 e. The van der Waals surface area contributed by atoms with Crippen LogP contribution < -0.4 is 10.6 Å². The van der Waals surface area contributed by atoms with Crippen LogP contribution in [0, 0.1) is 0 Å². The highest BCUT2D eigenvalue weighted by Gasteiger charge is 2.14. The quantitative estimate of drug-likeness (QED) is 0.869. The summed E-state index contributed by atoms with van der Waals surface area (Å²) in [5.41, 5.74) is 6.86. The molecule has 0 amide bonds. The molecule has 4 nitrogen and oxygen atoms in total. The molecule has 0 unspecified atom stereocenters. The third-order valence-electron chi connectivity index (χ3n) is 3.36. The summed E-state index contributed by atoms with van der Waals surface area (Å²) in [7, 11) is 0. The van der Waals surface area contributed by atoms with E-state index >= 15 is 0 Å². The predicted molar refractivity (Wildman–Crippen MR) is 72.7 cm³/mol. The first-order valence-corrected chi connectivity index (χ1v) is 6.29. The van der Waals surface area contributed by atoms with Crippen LogP contribution >= 0.6 is 0 Å². The Hall–Kier alpha value is -1.65. The largest absolute Gasteiger partial charge is 0.378 e. The van der Waals surface area contributed by atoms with Crippen molar-refractivity contribution in [2.45, 2.75) is 6.54 Å². The topological polar surface area (TPSA) is 51.4 Å². The first-order chi connectivity index (χ1) is 8.88. The Morgan fingerprint density at radius 2 is 2.06 bits per heavy atom. The van der Waals surface area contributed by atoms with Gasteiger partial charge in [-0.2, -0.15) is 0 Å². The molecule has 1 aromatic heterocycles. The molecule has 0 spiro atoms. The smallest absolute Gasteiger partial charge is 0.136 e. The predicted octanol–water partition coefficient (Wildman–Crippen LogP) is 1.53. The van der Waals surface area contributed by atoms with Crippen molar-refractivity contribution in [1.82, 2.24) is 4.98 Å². The molecule has 0 radical (unpaired) electrons. The van der Waals surface area contributed by atoms with Gasteiger partial charge in [0.15, 0.2) is 0 Å². The highest BCUT2D eigenvalue weighted by atomic mass is 16.5. The Morgan fingerprint density at radius 1 is 1.22 bits per heavy atom. The maximum Gasteiger partial charge on any atom is 0.136 e. The number of anilines is 1. The number of benzene rings is 1. The standard InChI is InChI=1S/C14H17N3O/c15-10-11-1-2-12-3-4-16-14(13(12)9-11)17-5-7-18-8-6-17/h1-4,9H,5-8,10,15H2. The van der Waals surface area contributed by atoms with Crippen molar-refractivity contribution >= 4 is 16.6 Å². The molecule has 3 rings (SSSR count). The lowest BCUT2D eigenvalue weighted by molar-refractivity contribution is 0.122. The molecule has 4 heteroatoms. The highest BCUT2D eigenvalue weighted by molar-refractivity contribution is 5.92. The van der Waals surface area contributed by atoms with Crippen LogP contribution in [0.25, 0.3) is 10.8 Å². The van der Waals surface area contributed by atoms with Crippen molar-refractivity contribution in [2.75, 3.05) is 31.2 Å². The minimum absolute atomic E-state index is 0.563. The van der Waals surface area contributed by atoms with Gasteiger partial charge in [-0.15, -0.1) is 0 Å². The van der Waals surface area contributed by atoms with Gasteiger partial charge in [0.1, 0.15) is 5.82 Å². The molecule has 18 heavy (non-hydrogen) atoms. The third kappa shape index (κ3) is 2.05. The molecule has 0 bridgehead atoms. The lowest BCUT2D eigenvalue weighted by Gasteiger charge is -2.28. The Balaban J connectivity index is 2.09. The van der Waals surface area contributed by atoms with E-state index in [-0.39, 0.29) is 0 Å². The van der Waals surface area contributed by atoms with Gasteiger partial charge in [-0.25, -0.2) is 4.98 Å². The van der Waals surface area contributed by atoms with E-state index in [1.807, 2.05) is 12.3 Å². The summed E-state index contributed by atoms with van der Waals surface area (Å²) < 4.78 is 5.39.